The summed E-state index contributed by atoms with van der Waals surface area (Å²) in [6.45, 7) is 12.2. The first-order valence-electron chi connectivity index (χ1n) is 6.87. The lowest BCUT2D eigenvalue weighted by molar-refractivity contribution is -0.120. The van der Waals surface area contributed by atoms with Crippen molar-refractivity contribution >= 4 is 5.91 Å². The predicted octanol–water partition coefficient (Wildman–Crippen LogP) is 0.0509. The van der Waals surface area contributed by atoms with Gasteiger partial charge in [0.1, 0.15) is 0 Å². The third-order valence-electron chi connectivity index (χ3n) is 2.74. The number of likely N-dealkylation sites (N-methyl/N-ethyl adjacent to an activating group) is 1. The van der Waals surface area contributed by atoms with Crippen molar-refractivity contribution in [1.29, 1.82) is 0 Å². The minimum atomic E-state index is -0.428. The van der Waals surface area contributed by atoms with Gasteiger partial charge in [0.25, 0.3) is 0 Å². The average molecular weight is 259 g/mol. The van der Waals surface area contributed by atoms with Crippen LogP contribution in [0.3, 0.4) is 0 Å². The molecule has 0 aromatic carbocycles. The van der Waals surface area contributed by atoms with Crippen LogP contribution in [-0.2, 0) is 4.79 Å². The second-order valence-corrected chi connectivity index (χ2v) is 4.97. The number of hydrogen-bond acceptors (Lipinski definition) is 4. The Morgan fingerprint density at radius 2 is 1.83 bits per heavy atom. The van der Waals surface area contributed by atoms with Gasteiger partial charge in [-0.2, -0.15) is 0 Å². The number of hydrogen-bond donors (Lipinski definition) is 3. The summed E-state index contributed by atoms with van der Waals surface area (Å²) in [5.74, 6) is 0.445. The van der Waals surface area contributed by atoms with Crippen LogP contribution in [0, 0.1) is 5.92 Å². The van der Waals surface area contributed by atoms with E-state index in [1.165, 1.54) is 0 Å². The predicted molar refractivity (Wildman–Crippen MR) is 74.5 cm³/mol. The molecule has 0 heterocycles. The van der Waals surface area contributed by atoms with Crippen LogP contribution in [0.4, 0.5) is 0 Å². The zero-order valence-corrected chi connectivity index (χ0v) is 12.2. The van der Waals surface area contributed by atoms with Crippen LogP contribution < -0.4 is 10.6 Å². The number of nitrogens with one attached hydrogen (secondary N) is 2. The fraction of sp³-hybridized carbons (Fsp3) is 0.923. The summed E-state index contributed by atoms with van der Waals surface area (Å²) in [5, 5.41) is 15.6. The Kier molecular flexibility index (Phi) is 9.92. The molecular weight excluding hydrogens is 230 g/mol. The number of carbonyl (C=O) groups is 1. The van der Waals surface area contributed by atoms with E-state index in [0.717, 1.165) is 13.1 Å². The normalized spacial score (nSPS) is 13.1. The highest BCUT2D eigenvalue weighted by molar-refractivity contribution is 5.77. The van der Waals surface area contributed by atoms with Crippen molar-refractivity contribution in [2.45, 2.75) is 33.8 Å². The number of nitrogens with zero attached hydrogens (tertiary/aromatic N) is 1. The number of carbonyl (C=O) groups excluding carboxylic acids is 1. The highest BCUT2D eigenvalue weighted by atomic mass is 16.3. The van der Waals surface area contributed by atoms with Gasteiger partial charge in [-0.15, -0.1) is 0 Å². The first-order chi connectivity index (χ1) is 8.49. The summed E-state index contributed by atoms with van der Waals surface area (Å²) in [6.07, 6.45) is -0.428. The second-order valence-electron chi connectivity index (χ2n) is 4.97. The third-order valence-corrected chi connectivity index (χ3v) is 2.74. The molecule has 0 saturated heterocycles. The molecule has 0 aromatic rings. The molecule has 0 radical (unpaired) electrons. The summed E-state index contributed by atoms with van der Waals surface area (Å²) in [7, 11) is 0. The highest BCUT2D eigenvalue weighted by Gasteiger charge is 2.09. The maximum atomic E-state index is 11.4. The van der Waals surface area contributed by atoms with Crippen LogP contribution >= 0.6 is 0 Å². The lowest BCUT2D eigenvalue weighted by Crippen LogP contribution is -2.42. The highest BCUT2D eigenvalue weighted by Crippen LogP contribution is 1.91. The molecule has 1 atom stereocenters. The minimum absolute atomic E-state index is 0.0151. The van der Waals surface area contributed by atoms with E-state index in [0.29, 0.717) is 25.6 Å². The molecule has 108 valence electrons. The molecular formula is C13H29N3O2. The summed E-state index contributed by atoms with van der Waals surface area (Å²) < 4.78 is 0. The van der Waals surface area contributed by atoms with E-state index < -0.39 is 6.10 Å². The molecule has 0 spiro atoms. The van der Waals surface area contributed by atoms with Gasteiger partial charge in [-0.1, -0.05) is 27.7 Å². The van der Waals surface area contributed by atoms with Crippen molar-refractivity contribution in [1.82, 2.24) is 15.5 Å². The lowest BCUT2D eigenvalue weighted by Gasteiger charge is -2.22. The molecule has 3 N–H and O–H groups in total. The van der Waals surface area contributed by atoms with E-state index in [-0.39, 0.29) is 12.5 Å². The fourth-order valence-corrected chi connectivity index (χ4v) is 1.58. The van der Waals surface area contributed by atoms with E-state index in [1.807, 2.05) is 0 Å². The van der Waals surface area contributed by atoms with E-state index >= 15 is 0 Å². The van der Waals surface area contributed by atoms with Gasteiger partial charge in [-0.25, -0.2) is 0 Å². The zero-order valence-electron chi connectivity index (χ0n) is 12.2. The standard InChI is InChI=1S/C13H29N3O2/c1-5-16(6-2)10-12(17)8-14-9-13(18)15-7-11(3)4/h11-12,14,17H,5-10H2,1-4H3,(H,15,18). The van der Waals surface area contributed by atoms with Crippen LogP contribution in [0.5, 0.6) is 0 Å². The molecule has 0 fully saturated rings. The molecule has 0 aliphatic heterocycles. The number of aliphatic hydroxyl groups excluding tert-OH is 1. The zero-order chi connectivity index (χ0) is 14.0. The summed E-state index contributed by atoms with van der Waals surface area (Å²) in [5.41, 5.74) is 0. The molecule has 0 aromatic heterocycles. The minimum Gasteiger partial charge on any atom is -0.390 e. The number of aliphatic hydroxyl groups is 1. The maximum Gasteiger partial charge on any atom is 0.233 e. The van der Waals surface area contributed by atoms with E-state index in [2.05, 4.69) is 43.2 Å². The van der Waals surface area contributed by atoms with Gasteiger partial charge in [0.15, 0.2) is 0 Å². The van der Waals surface area contributed by atoms with Gasteiger partial charge in [-0.3, -0.25) is 4.79 Å². The molecule has 0 rings (SSSR count). The van der Waals surface area contributed by atoms with Crippen molar-refractivity contribution in [3.05, 3.63) is 0 Å². The Morgan fingerprint density at radius 3 is 2.33 bits per heavy atom. The Hall–Kier alpha value is -0.650. The van der Waals surface area contributed by atoms with E-state index in [1.54, 1.807) is 0 Å². The first kappa shape index (κ1) is 17.4. The van der Waals surface area contributed by atoms with Crippen molar-refractivity contribution < 1.29 is 9.90 Å². The smallest absolute Gasteiger partial charge is 0.233 e. The topological polar surface area (TPSA) is 64.6 Å². The van der Waals surface area contributed by atoms with Gasteiger partial charge < -0.3 is 20.6 Å². The molecule has 5 nitrogen and oxygen atoms in total. The lowest BCUT2D eigenvalue weighted by atomic mass is 10.2. The molecule has 5 heteroatoms. The Bertz CT molecular complexity index is 218. The van der Waals surface area contributed by atoms with Gasteiger partial charge in [0, 0.05) is 19.6 Å². The summed E-state index contributed by atoms with van der Waals surface area (Å²) >= 11 is 0. The SMILES string of the molecule is CCN(CC)CC(O)CNCC(=O)NCC(C)C. The van der Waals surface area contributed by atoms with Gasteiger partial charge in [0.05, 0.1) is 12.6 Å². The molecule has 1 unspecified atom stereocenters. The van der Waals surface area contributed by atoms with Crippen LogP contribution in [0.15, 0.2) is 0 Å². The molecule has 0 aliphatic carbocycles. The van der Waals surface area contributed by atoms with Crippen LogP contribution in [0.2, 0.25) is 0 Å². The number of amides is 1. The molecule has 1 amide bonds. The quantitative estimate of drug-likeness (QED) is 0.519. The monoisotopic (exact) mass is 259 g/mol. The van der Waals surface area contributed by atoms with Crippen LogP contribution in [-0.4, -0.2) is 61.3 Å². The Labute approximate surface area is 111 Å². The molecule has 18 heavy (non-hydrogen) atoms. The van der Waals surface area contributed by atoms with Crippen molar-refractivity contribution in [3.8, 4) is 0 Å². The van der Waals surface area contributed by atoms with Gasteiger partial charge >= 0.3 is 0 Å². The second kappa shape index (κ2) is 10.3. The maximum absolute atomic E-state index is 11.4. The van der Waals surface area contributed by atoms with Gasteiger partial charge in [-0.05, 0) is 19.0 Å². The molecule has 0 aliphatic rings. The van der Waals surface area contributed by atoms with Crippen LogP contribution in [0.1, 0.15) is 27.7 Å². The third kappa shape index (κ3) is 9.39. The van der Waals surface area contributed by atoms with Crippen molar-refractivity contribution in [3.63, 3.8) is 0 Å². The first-order valence-corrected chi connectivity index (χ1v) is 6.87. The summed E-state index contributed by atoms with van der Waals surface area (Å²) in [4.78, 5) is 13.6. The number of rotatable bonds is 10. The van der Waals surface area contributed by atoms with E-state index in [9.17, 15) is 9.90 Å². The summed E-state index contributed by atoms with van der Waals surface area (Å²) in [6, 6.07) is 0. The Balaban J connectivity index is 3.61. The van der Waals surface area contributed by atoms with Crippen molar-refractivity contribution in [2.75, 3.05) is 39.3 Å². The van der Waals surface area contributed by atoms with Crippen molar-refractivity contribution in [2.24, 2.45) is 5.92 Å². The van der Waals surface area contributed by atoms with E-state index in [4.69, 9.17) is 0 Å². The fourth-order valence-electron chi connectivity index (χ4n) is 1.58. The molecule has 0 saturated carbocycles. The molecule has 0 bridgehead atoms. The average Bonchev–Trinajstić information content (AvgIpc) is 2.33. The largest absolute Gasteiger partial charge is 0.390 e. The van der Waals surface area contributed by atoms with Gasteiger partial charge in [0.2, 0.25) is 5.91 Å². The Morgan fingerprint density at radius 1 is 1.22 bits per heavy atom. The van der Waals surface area contributed by atoms with Crippen LogP contribution in [0.25, 0.3) is 0 Å².